The Morgan fingerprint density at radius 3 is 2.27 bits per heavy atom. The van der Waals surface area contributed by atoms with E-state index in [2.05, 4.69) is 6.58 Å². The lowest BCUT2D eigenvalue weighted by Crippen LogP contribution is -1.98. The van der Waals surface area contributed by atoms with E-state index in [1.165, 1.54) is 0 Å². The first-order valence-corrected chi connectivity index (χ1v) is 3.32. The van der Waals surface area contributed by atoms with Crippen LogP contribution >= 0.6 is 0 Å². The van der Waals surface area contributed by atoms with Crippen molar-refractivity contribution in [3.8, 4) is 0 Å². The fourth-order valence-corrected chi connectivity index (χ4v) is 0.828. The van der Waals surface area contributed by atoms with E-state index < -0.39 is 6.10 Å². The third-order valence-corrected chi connectivity index (χ3v) is 1.43. The van der Waals surface area contributed by atoms with Crippen molar-refractivity contribution in [1.82, 2.24) is 0 Å². The zero-order valence-corrected chi connectivity index (χ0v) is 6.07. The Morgan fingerprint density at radius 2 is 1.82 bits per heavy atom. The standard InChI is InChI=1S/C9H10O2/c1-7(10)9(11)8-5-3-2-4-6-8/h2-6,9-11H,1H2. The van der Waals surface area contributed by atoms with Crippen molar-refractivity contribution in [3.63, 3.8) is 0 Å². The van der Waals surface area contributed by atoms with Crippen molar-refractivity contribution in [2.75, 3.05) is 0 Å². The molecule has 0 radical (unpaired) electrons. The van der Waals surface area contributed by atoms with Gasteiger partial charge in [0.2, 0.25) is 0 Å². The third kappa shape index (κ3) is 1.82. The molecule has 2 N–H and O–H groups in total. The van der Waals surface area contributed by atoms with E-state index in [0.29, 0.717) is 5.56 Å². The average molecular weight is 150 g/mol. The van der Waals surface area contributed by atoms with Gasteiger partial charge in [-0.15, -0.1) is 0 Å². The summed E-state index contributed by atoms with van der Waals surface area (Å²) in [6, 6.07) is 8.89. The fraction of sp³-hybridized carbons (Fsp3) is 0.111. The first-order valence-electron chi connectivity index (χ1n) is 3.32. The van der Waals surface area contributed by atoms with Gasteiger partial charge in [-0.1, -0.05) is 36.9 Å². The highest BCUT2D eigenvalue weighted by Gasteiger charge is 2.08. The Kier molecular flexibility index (Phi) is 2.28. The molecule has 0 spiro atoms. The molecule has 0 aromatic heterocycles. The number of hydrogen-bond donors (Lipinski definition) is 2. The van der Waals surface area contributed by atoms with Gasteiger partial charge in [-0.2, -0.15) is 0 Å². The molecule has 0 fully saturated rings. The van der Waals surface area contributed by atoms with Gasteiger partial charge in [0, 0.05) is 0 Å². The summed E-state index contributed by atoms with van der Waals surface area (Å²) in [5.74, 6) is -0.226. The van der Waals surface area contributed by atoms with Gasteiger partial charge in [0.1, 0.15) is 11.9 Å². The van der Waals surface area contributed by atoms with Crippen LogP contribution in [0.5, 0.6) is 0 Å². The molecule has 0 aliphatic carbocycles. The highest BCUT2D eigenvalue weighted by molar-refractivity contribution is 5.21. The first-order chi connectivity index (χ1) is 5.22. The van der Waals surface area contributed by atoms with Crippen LogP contribution in [0.1, 0.15) is 11.7 Å². The van der Waals surface area contributed by atoms with Crippen molar-refractivity contribution >= 4 is 0 Å². The van der Waals surface area contributed by atoms with Crippen LogP contribution in [0.4, 0.5) is 0 Å². The van der Waals surface area contributed by atoms with Gasteiger partial charge >= 0.3 is 0 Å². The van der Waals surface area contributed by atoms with Crippen LogP contribution in [0.15, 0.2) is 42.7 Å². The number of benzene rings is 1. The molecule has 1 aromatic carbocycles. The second kappa shape index (κ2) is 3.21. The maximum Gasteiger partial charge on any atom is 0.135 e. The molecular formula is C9H10O2. The molecule has 1 rings (SSSR count). The summed E-state index contributed by atoms with van der Waals surface area (Å²) >= 11 is 0. The second-order valence-corrected chi connectivity index (χ2v) is 2.30. The molecule has 2 heteroatoms. The Hall–Kier alpha value is -1.28. The molecule has 0 bridgehead atoms. The summed E-state index contributed by atoms with van der Waals surface area (Å²) in [4.78, 5) is 0. The summed E-state index contributed by atoms with van der Waals surface area (Å²) in [5.41, 5.74) is 0.653. The first kappa shape index (κ1) is 7.82. The lowest BCUT2D eigenvalue weighted by molar-refractivity contribution is 0.156. The highest BCUT2D eigenvalue weighted by Crippen LogP contribution is 2.16. The van der Waals surface area contributed by atoms with Crippen LogP contribution < -0.4 is 0 Å². The Labute approximate surface area is 65.4 Å². The van der Waals surface area contributed by atoms with Crippen LogP contribution in [-0.4, -0.2) is 10.2 Å². The Bertz CT molecular complexity index is 241. The average Bonchev–Trinajstić information content (AvgIpc) is 2.05. The summed E-state index contributed by atoms with van der Waals surface area (Å²) in [6.45, 7) is 3.24. The maximum absolute atomic E-state index is 9.25. The zero-order valence-electron chi connectivity index (χ0n) is 6.07. The van der Waals surface area contributed by atoms with Crippen molar-refractivity contribution in [1.29, 1.82) is 0 Å². The predicted molar refractivity (Wildman–Crippen MR) is 43.2 cm³/mol. The number of rotatable bonds is 2. The predicted octanol–water partition coefficient (Wildman–Crippen LogP) is 1.79. The van der Waals surface area contributed by atoms with Crippen LogP contribution in [0.25, 0.3) is 0 Å². The minimum atomic E-state index is -0.962. The van der Waals surface area contributed by atoms with E-state index in [0.717, 1.165) is 0 Å². The van der Waals surface area contributed by atoms with Crippen molar-refractivity contribution in [2.24, 2.45) is 0 Å². The monoisotopic (exact) mass is 150 g/mol. The molecule has 58 valence electrons. The molecule has 1 aromatic rings. The van der Waals surface area contributed by atoms with Gasteiger partial charge in [-0.05, 0) is 5.56 Å². The van der Waals surface area contributed by atoms with Crippen LogP contribution in [0, 0.1) is 0 Å². The molecule has 11 heavy (non-hydrogen) atoms. The van der Waals surface area contributed by atoms with E-state index >= 15 is 0 Å². The van der Waals surface area contributed by atoms with E-state index in [1.807, 2.05) is 6.07 Å². The Morgan fingerprint density at radius 1 is 1.27 bits per heavy atom. The van der Waals surface area contributed by atoms with E-state index in [1.54, 1.807) is 24.3 Å². The van der Waals surface area contributed by atoms with Crippen LogP contribution in [0.3, 0.4) is 0 Å². The normalized spacial score (nSPS) is 12.5. The largest absolute Gasteiger partial charge is 0.510 e. The molecule has 0 amide bonds. The maximum atomic E-state index is 9.25. The minimum absolute atomic E-state index is 0.226. The number of aliphatic hydroxyl groups excluding tert-OH is 2. The zero-order chi connectivity index (χ0) is 8.27. The smallest absolute Gasteiger partial charge is 0.135 e. The lowest BCUT2D eigenvalue weighted by atomic mass is 10.1. The van der Waals surface area contributed by atoms with Gasteiger partial charge in [0.15, 0.2) is 0 Å². The van der Waals surface area contributed by atoms with Gasteiger partial charge < -0.3 is 10.2 Å². The van der Waals surface area contributed by atoms with E-state index in [-0.39, 0.29) is 5.76 Å². The highest BCUT2D eigenvalue weighted by atomic mass is 16.3. The molecule has 0 heterocycles. The van der Waals surface area contributed by atoms with Gasteiger partial charge in [-0.3, -0.25) is 0 Å². The topological polar surface area (TPSA) is 40.5 Å². The Balaban J connectivity index is 2.85. The van der Waals surface area contributed by atoms with Gasteiger partial charge in [-0.25, -0.2) is 0 Å². The third-order valence-electron chi connectivity index (χ3n) is 1.43. The van der Waals surface area contributed by atoms with Gasteiger partial charge in [0.05, 0.1) is 0 Å². The fourth-order valence-electron chi connectivity index (χ4n) is 0.828. The molecular weight excluding hydrogens is 140 g/mol. The molecule has 2 nitrogen and oxygen atoms in total. The number of hydrogen-bond acceptors (Lipinski definition) is 2. The summed E-state index contributed by atoms with van der Waals surface area (Å²) in [6.07, 6.45) is -0.962. The quantitative estimate of drug-likeness (QED) is 0.631. The molecule has 0 aliphatic heterocycles. The molecule has 0 saturated carbocycles. The summed E-state index contributed by atoms with van der Waals surface area (Å²) in [7, 11) is 0. The second-order valence-electron chi connectivity index (χ2n) is 2.30. The molecule has 1 atom stereocenters. The van der Waals surface area contributed by atoms with Crippen LogP contribution in [0.2, 0.25) is 0 Å². The van der Waals surface area contributed by atoms with Crippen molar-refractivity contribution in [2.45, 2.75) is 6.10 Å². The summed E-state index contributed by atoms with van der Waals surface area (Å²) in [5, 5.41) is 18.1. The number of aliphatic hydroxyl groups is 2. The minimum Gasteiger partial charge on any atom is -0.510 e. The van der Waals surface area contributed by atoms with E-state index in [9.17, 15) is 5.11 Å². The molecule has 1 unspecified atom stereocenters. The molecule has 0 aliphatic rings. The van der Waals surface area contributed by atoms with Gasteiger partial charge in [0.25, 0.3) is 0 Å². The van der Waals surface area contributed by atoms with Crippen molar-refractivity contribution in [3.05, 3.63) is 48.2 Å². The van der Waals surface area contributed by atoms with Crippen LogP contribution in [-0.2, 0) is 0 Å². The van der Waals surface area contributed by atoms with Crippen molar-refractivity contribution < 1.29 is 10.2 Å². The molecule has 0 saturated heterocycles. The SMILES string of the molecule is C=C(O)C(O)c1ccccc1. The summed E-state index contributed by atoms with van der Waals surface area (Å²) < 4.78 is 0. The van der Waals surface area contributed by atoms with E-state index in [4.69, 9.17) is 5.11 Å². The lowest BCUT2D eigenvalue weighted by Gasteiger charge is -2.07.